The zero-order chi connectivity index (χ0) is 16.2. The van der Waals surface area contributed by atoms with Gasteiger partial charge in [-0.25, -0.2) is 9.97 Å². The Morgan fingerprint density at radius 3 is 3.13 bits per heavy atom. The van der Waals surface area contributed by atoms with Crippen molar-refractivity contribution in [1.82, 2.24) is 14.9 Å². The van der Waals surface area contributed by atoms with Gasteiger partial charge in [0.1, 0.15) is 5.56 Å². The minimum atomic E-state index is -0.000437. The van der Waals surface area contributed by atoms with E-state index in [1.54, 1.807) is 29.7 Å². The van der Waals surface area contributed by atoms with Crippen LogP contribution < -0.4 is 4.74 Å². The molecule has 6 heteroatoms. The van der Waals surface area contributed by atoms with Gasteiger partial charge in [-0.15, -0.1) is 11.3 Å². The molecule has 3 heterocycles. The molecule has 1 unspecified atom stereocenters. The lowest BCUT2D eigenvalue weighted by Gasteiger charge is -2.32. The Morgan fingerprint density at radius 2 is 2.39 bits per heavy atom. The van der Waals surface area contributed by atoms with Gasteiger partial charge in [0, 0.05) is 36.3 Å². The average Bonchev–Trinajstić information content (AvgIpc) is 3.02. The highest BCUT2D eigenvalue weighted by atomic mass is 32.1. The Morgan fingerprint density at radius 1 is 1.52 bits per heavy atom. The van der Waals surface area contributed by atoms with E-state index in [4.69, 9.17) is 4.74 Å². The Labute approximate surface area is 140 Å². The molecule has 0 aromatic carbocycles. The first-order valence-electron chi connectivity index (χ1n) is 7.98. The molecule has 23 heavy (non-hydrogen) atoms. The highest BCUT2D eigenvalue weighted by Gasteiger charge is 2.28. The standard InChI is InChI=1S/C17H21N3O2S/c1-3-22-15-14(7-4-8-18-15)17(21)20-9-5-6-13(10-20)16-19-12(2)11-23-16/h4,7-8,11,13H,3,5-6,9-10H2,1-2H3. The zero-order valence-corrected chi connectivity index (χ0v) is 14.3. The summed E-state index contributed by atoms with van der Waals surface area (Å²) in [5.41, 5.74) is 1.60. The van der Waals surface area contributed by atoms with Gasteiger partial charge in [0.15, 0.2) is 0 Å². The van der Waals surface area contributed by atoms with E-state index in [9.17, 15) is 4.79 Å². The quantitative estimate of drug-likeness (QED) is 0.863. The third-order valence-corrected chi connectivity index (χ3v) is 5.10. The summed E-state index contributed by atoms with van der Waals surface area (Å²) in [6.07, 6.45) is 3.74. The molecule has 0 radical (unpaired) electrons. The molecule has 2 aromatic heterocycles. The molecule has 0 bridgehead atoms. The maximum absolute atomic E-state index is 12.9. The Kier molecular flexibility index (Phi) is 4.91. The minimum Gasteiger partial charge on any atom is -0.477 e. The van der Waals surface area contributed by atoms with Gasteiger partial charge in [0.05, 0.1) is 11.6 Å². The fourth-order valence-corrected chi connectivity index (χ4v) is 3.82. The van der Waals surface area contributed by atoms with Crippen LogP contribution in [0.5, 0.6) is 5.88 Å². The fraction of sp³-hybridized carbons (Fsp3) is 0.471. The number of aromatic nitrogens is 2. The van der Waals surface area contributed by atoms with E-state index in [0.29, 0.717) is 30.5 Å². The molecule has 3 rings (SSSR count). The maximum Gasteiger partial charge on any atom is 0.259 e. The second-order valence-electron chi connectivity index (χ2n) is 5.71. The largest absolute Gasteiger partial charge is 0.477 e. The van der Waals surface area contributed by atoms with E-state index in [1.807, 2.05) is 18.7 Å². The third-order valence-electron chi connectivity index (χ3n) is 3.98. The first-order valence-corrected chi connectivity index (χ1v) is 8.86. The van der Waals surface area contributed by atoms with Gasteiger partial charge in [0.2, 0.25) is 5.88 Å². The summed E-state index contributed by atoms with van der Waals surface area (Å²) in [6.45, 7) is 5.89. The van der Waals surface area contributed by atoms with Gasteiger partial charge in [0.25, 0.3) is 5.91 Å². The van der Waals surface area contributed by atoms with Crippen LogP contribution >= 0.6 is 11.3 Å². The van der Waals surface area contributed by atoms with Gasteiger partial charge in [-0.05, 0) is 38.8 Å². The van der Waals surface area contributed by atoms with Crippen molar-refractivity contribution >= 4 is 17.2 Å². The molecule has 1 saturated heterocycles. The zero-order valence-electron chi connectivity index (χ0n) is 13.5. The Bertz CT molecular complexity index is 686. The van der Waals surface area contributed by atoms with Crippen molar-refractivity contribution in [3.8, 4) is 5.88 Å². The topological polar surface area (TPSA) is 55.3 Å². The molecule has 2 aromatic rings. The summed E-state index contributed by atoms with van der Waals surface area (Å²) in [7, 11) is 0. The third kappa shape index (κ3) is 3.52. The predicted molar refractivity (Wildman–Crippen MR) is 90.1 cm³/mol. The predicted octanol–water partition coefficient (Wildman–Crippen LogP) is 3.27. The van der Waals surface area contributed by atoms with Crippen molar-refractivity contribution in [3.05, 3.63) is 40.0 Å². The molecule has 0 spiro atoms. The highest BCUT2D eigenvalue weighted by Crippen LogP contribution is 2.30. The molecule has 122 valence electrons. The first kappa shape index (κ1) is 15.9. The van der Waals surface area contributed by atoms with Crippen molar-refractivity contribution in [1.29, 1.82) is 0 Å². The van der Waals surface area contributed by atoms with E-state index in [-0.39, 0.29) is 5.91 Å². The summed E-state index contributed by atoms with van der Waals surface area (Å²) in [5.74, 6) is 0.755. The average molecular weight is 331 g/mol. The summed E-state index contributed by atoms with van der Waals surface area (Å²) in [4.78, 5) is 23.5. The molecule has 1 atom stereocenters. The number of carbonyl (C=O) groups excluding carboxylic acids is 1. The summed E-state index contributed by atoms with van der Waals surface area (Å²) < 4.78 is 5.49. The number of amides is 1. The second kappa shape index (κ2) is 7.08. The van der Waals surface area contributed by atoms with Crippen molar-refractivity contribution in [2.24, 2.45) is 0 Å². The molecule has 0 aliphatic carbocycles. The number of pyridine rings is 1. The van der Waals surface area contributed by atoms with E-state index in [2.05, 4.69) is 15.3 Å². The van der Waals surface area contributed by atoms with E-state index < -0.39 is 0 Å². The van der Waals surface area contributed by atoms with Crippen LogP contribution in [-0.2, 0) is 0 Å². The smallest absolute Gasteiger partial charge is 0.259 e. The molecule has 1 aliphatic rings. The van der Waals surface area contributed by atoms with Gasteiger partial charge in [-0.3, -0.25) is 4.79 Å². The van der Waals surface area contributed by atoms with Crippen molar-refractivity contribution in [2.45, 2.75) is 32.6 Å². The van der Waals surface area contributed by atoms with Crippen LogP contribution in [-0.4, -0.2) is 40.5 Å². The van der Waals surface area contributed by atoms with Crippen LogP contribution in [0.2, 0.25) is 0 Å². The minimum absolute atomic E-state index is 0.000437. The highest BCUT2D eigenvalue weighted by molar-refractivity contribution is 7.09. The number of aryl methyl sites for hydroxylation is 1. The number of piperidine rings is 1. The Hall–Kier alpha value is -1.95. The lowest BCUT2D eigenvalue weighted by molar-refractivity contribution is 0.0702. The van der Waals surface area contributed by atoms with Crippen LogP contribution in [0.3, 0.4) is 0 Å². The van der Waals surface area contributed by atoms with Crippen LogP contribution in [0.15, 0.2) is 23.7 Å². The molecule has 1 aliphatic heterocycles. The van der Waals surface area contributed by atoms with Crippen molar-refractivity contribution in [2.75, 3.05) is 19.7 Å². The van der Waals surface area contributed by atoms with Crippen LogP contribution in [0, 0.1) is 6.92 Å². The number of likely N-dealkylation sites (tertiary alicyclic amines) is 1. The lowest BCUT2D eigenvalue weighted by Crippen LogP contribution is -2.39. The summed E-state index contributed by atoms with van der Waals surface area (Å²) in [6, 6.07) is 3.57. The van der Waals surface area contributed by atoms with Gasteiger partial charge in [-0.2, -0.15) is 0 Å². The number of carbonyl (C=O) groups is 1. The number of hydrogen-bond donors (Lipinski definition) is 0. The molecule has 1 fully saturated rings. The van der Waals surface area contributed by atoms with Crippen LogP contribution in [0.1, 0.15) is 46.7 Å². The maximum atomic E-state index is 12.9. The lowest BCUT2D eigenvalue weighted by atomic mass is 9.98. The first-order chi connectivity index (χ1) is 11.2. The van der Waals surface area contributed by atoms with Crippen molar-refractivity contribution in [3.63, 3.8) is 0 Å². The molecule has 5 nitrogen and oxygen atoms in total. The van der Waals surface area contributed by atoms with Gasteiger partial charge >= 0.3 is 0 Å². The van der Waals surface area contributed by atoms with Gasteiger partial charge in [-0.1, -0.05) is 0 Å². The number of thiazole rings is 1. The Balaban J connectivity index is 1.77. The monoisotopic (exact) mass is 331 g/mol. The number of rotatable bonds is 4. The molecule has 0 N–H and O–H groups in total. The molecule has 1 amide bonds. The molecular formula is C17H21N3O2S. The molecule has 0 saturated carbocycles. The summed E-state index contributed by atoms with van der Waals surface area (Å²) >= 11 is 1.69. The fourth-order valence-electron chi connectivity index (χ4n) is 2.90. The number of ether oxygens (including phenoxy) is 1. The van der Waals surface area contributed by atoms with Crippen LogP contribution in [0.4, 0.5) is 0 Å². The summed E-state index contributed by atoms with van der Waals surface area (Å²) in [5, 5.41) is 3.21. The van der Waals surface area contributed by atoms with Gasteiger partial charge < -0.3 is 9.64 Å². The number of nitrogens with zero attached hydrogens (tertiary/aromatic N) is 3. The second-order valence-corrected chi connectivity index (χ2v) is 6.60. The van der Waals surface area contributed by atoms with Crippen molar-refractivity contribution < 1.29 is 9.53 Å². The van der Waals surface area contributed by atoms with Crippen LogP contribution in [0.25, 0.3) is 0 Å². The molecular weight excluding hydrogens is 310 g/mol. The van der Waals surface area contributed by atoms with E-state index >= 15 is 0 Å². The van der Waals surface area contributed by atoms with E-state index in [0.717, 1.165) is 30.1 Å². The van der Waals surface area contributed by atoms with E-state index in [1.165, 1.54) is 0 Å². The normalized spacial score (nSPS) is 18.0. The SMILES string of the molecule is CCOc1ncccc1C(=O)N1CCCC(c2nc(C)cs2)C1. The number of hydrogen-bond acceptors (Lipinski definition) is 5.